The van der Waals surface area contributed by atoms with E-state index in [4.69, 9.17) is 9.47 Å². The molecule has 96 valence electrons. The molecule has 1 heterocycles. The van der Waals surface area contributed by atoms with Crippen molar-refractivity contribution in [2.24, 2.45) is 5.92 Å². The molecule has 0 aliphatic carbocycles. The molecule has 0 aliphatic rings. The molecule has 0 amide bonds. The minimum atomic E-state index is 0.568. The Kier molecular flexibility index (Phi) is 6.32. The van der Waals surface area contributed by atoms with Crippen molar-refractivity contribution >= 4 is 5.82 Å². The van der Waals surface area contributed by atoms with Crippen LogP contribution in [0.1, 0.15) is 20.8 Å². The molecule has 0 spiro atoms. The zero-order valence-electron chi connectivity index (χ0n) is 10.8. The van der Waals surface area contributed by atoms with E-state index in [1.165, 1.54) is 6.33 Å². The highest BCUT2D eigenvalue weighted by Gasteiger charge is 1.98. The molecule has 1 aromatic rings. The second-order valence-corrected chi connectivity index (χ2v) is 4.07. The molecule has 1 aromatic heterocycles. The summed E-state index contributed by atoms with van der Waals surface area (Å²) in [6.45, 7) is 8.98. The maximum atomic E-state index is 5.46. The van der Waals surface area contributed by atoms with E-state index in [-0.39, 0.29) is 0 Å². The van der Waals surface area contributed by atoms with Crippen LogP contribution in [0.5, 0.6) is 5.88 Å². The maximum Gasteiger partial charge on any atom is 0.218 e. The van der Waals surface area contributed by atoms with E-state index in [9.17, 15) is 0 Å². The lowest BCUT2D eigenvalue weighted by Crippen LogP contribution is -2.13. The Morgan fingerprint density at radius 3 is 2.88 bits per heavy atom. The molecule has 0 unspecified atom stereocenters. The van der Waals surface area contributed by atoms with Gasteiger partial charge in [0.1, 0.15) is 12.1 Å². The van der Waals surface area contributed by atoms with Crippen molar-refractivity contribution in [3.05, 3.63) is 12.4 Å². The van der Waals surface area contributed by atoms with Crippen molar-refractivity contribution in [3.8, 4) is 5.88 Å². The first-order valence-corrected chi connectivity index (χ1v) is 5.98. The van der Waals surface area contributed by atoms with Crippen molar-refractivity contribution in [1.29, 1.82) is 0 Å². The minimum Gasteiger partial charge on any atom is -0.478 e. The van der Waals surface area contributed by atoms with Crippen molar-refractivity contribution in [1.82, 2.24) is 9.97 Å². The van der Waals surface area contributed by atoms with E-state index in [2.05, 4.69) is 29.1 Å². The second-order valence-electron chi connectivity index (χ2n) is 4.07. The number of aromatic nitrogens is 2. The van der Waals surface area contributed by atoms with Gasteiger partial charge in [-0.05, 0) is 12.8 Å². The fourth-order valence-electron chi connectivity index (χ4n) is 1.23. The van der Waals surface area contributed by atoms with E-state index < -0.39 is 0 Å². The summed E-state index contributed by atoms with van der Waals surface area (Å²) >= 11 is 0. The molecule has 0 bridgehead atoms. The van der Waals surface area contributed by atoms with Gasteiger partial charge < -0.3 is 14.8 Å². The summed E-state index contributed by atoms with van der Waals surface area (Å²) < 4.78 is 10.7. The van der Waals surface area contributed by atoms with Gasteiger partial charge in [-0.3, -0.25) is 0 Å². The first-order valence-electron chi connectivity index (χ1n) is 5.98. The number of nitrogens with zero attached hydrogens (tertiary/aromatic N) is 2. The Morgan fingerprint density at radius 2 is 2.18 bits per heavy atom. The van der Waals surface area contributed by atoms with Gasteiger partial charge in [0, 0.05) is 19.2 Å². The van der Waals surface area contributed by atoms with E-state index in [0.29, 0.717) is 25.0 Å². The topological polar surface area (TPSA) is 56.3 Å². The van der Waals surface area contributed by atoms with Crippen LogP contribution in [0.4, 0.5) is 5.82 Å². The number of nitrogens with one attached hydrogen (secondary N) is 1. The zero-order chi connectivity index (χ0) is 12.5. The third-order valence-electron chi connectivity index (χ3n) is 1.94. The molecule has 5 nitrogen and oxygen atoms in total. The van der Waals surface area contributed by atoms with Crippen LogP contribution in [-0.4, -0.2) is 36.3 Å². The number of anilines is 1. The van der Waals surface area contributed by atoms with Crippen LogP contribution in [0.2, 0.25) is 0 Å². The Labute approximate surface area is 103 Å². The predicted octanol–water partition coefficient (Wildman–Crippen LogP) is 1.96. The van der Waals surface area contributed by atoms with Gasteiger partial charge in [0.05, 0.1) is 13.2 Å². The third-order valence-corrected chi connectivity index (χ3v) is 1.94. The standard InChI is InChI=1S/C12H21N3O2/c1-4-17-12-7-11(14-9-15-12)13-5-6-16-8-10(2)3/h7,9-10H,4-6,8H2,1-3H3,(H,13,14,15). The highest BCUT2D eigenvalue weighted by molar-refractivity contribution is 5.36. The quantitative estimate of drug-likeness (QED) is 0.703. The Balaban J connectivity index is 2.24. The van der Waals surface area contributed by atoms with E-state index in [1.54, 1.807) is 6.07 Å². The van der Waals surface area contributed by atoms with Gasteiger partial charge >= 0.3 is 0 Å². The molecule has 0 fully saturated rings. The van der Waals surface area contributed by atoms with Crippen LogP contribution in [0.25, 0.3) is 0 Å². The third kappa shape index (κ3) is 6.06. The Morgan fingerprint density at radius 1 is 1.35 bits per heavy atom. The van der Waals surface area contributed by atoms with E-state index >= 15 is 0 Å². The first kappa shape index (κ1) is 13.7. The van der Waals surface area contributed by atoms with Crippen LogP contribution >= 0.6 is 0 Å². The lowest BCUT2D eigenvalue weighted by Gasteiger charge is -2.09. The Bertz CT molecular complexity index is 318. The summed E-state index contributed by atoms with van der Waals surface area (Å²) in [4.78, 5) is 8.09. The van der Waals surface area contributed by atoms with Gasteiger partial charge in [-0.2, -0.15) is 0 Å². The molecule has 0 radical (unpaired) electrons. The molecule has 0 aliphatic heterocycles. The van der Waals surface area contributed by atoms with Gasteiger partial charge in [-0.1, -0.05) is 13.8 Å². The van der Waals surface area contributed by atoms with Crippen molar-refractivity contribution in [2.45, 2.75) is 20.8 Å². The molecule has 1 N–H and O–H groups in total. The average Bonchev–Trinajstić information content (AvgIpc) is 2.29. The van der Waals surface area contributed by atoms with Crippen LogP contribution in [0.3, 0.4) is 0 Å². The molecule has 1 rings (SSSR count). The summed E-state index contributed by atoms with van der Waals surface area (Å²) in [6, 6.07) is 1.78. The zero-order valence-corrected chi connectivity index (χ0v) is 10.8. The molecule has 0 atom stereocenters. The molecule has 17 heavy (non-hydrogen) atoms. The molecule has 5 heteroatoms. The highest BCUT2D eigenvalue weighted by atomic mass is 16.5. The molecule has 0 aromatic carbocycles. The fourth-order valence-corrected chi connectivity index (χ4v) is 1.23. The summed E-state index contributed by atoms with van der Waals surface area (Å²) in [5.74, 6) is 1.92. The maximum absolute atomic E-state index is 5.46. The Hall–Kier alpha value is -1.36. The van der Waals surface area contributed by atoms with Crippen molar-refractivity contribution in [2.75, 3.05) is 31.7 Å². The molecular weight excluding hydrogens is 218 g/mol. The lowest BCUT2D eigenvalue weighted by molar-refractivity contribution is 0.118. The summed E-state index contributed by atoms with van der Waals surface area (Å²) in [5, 5.41) is 3.16. The summed E-state index contributed by atoms with van der Waals surface area (Å²) in [5.41, 5.74) is 0. The van der Waals surface area contributed by atoms with Gasteiger partial charge in [0.15, 0.2) is 0 Å². The molecule has 0 saturated heterocycles. The van der Waals surface area contributed by atoms with Gasteiger partial charge in [-0.15, -0.1) is 0 Å². The minimum absolute atomic E-state index is 0.568. The summed E-state index contributed by atoms with van der Waals surface area (Å²) in [7, 11) is 0. The second kappa shape index (κ2) is 7.84. The average molecular weight is 239 g/mol. The highest BCUT2D eigenvalue weighted by Crippen LogP contribution is 2.10. The van der Waals surface area contributed by atoms with Crippen molar-refractivity contribution in [3.63, 3.8) is 0 Å². The predicted molar refractivity (Wildman–Crippen MR) is 67.3 cm³/mol. The van der Waals surface area contributed by atoms with Gasteiger partial charge in [-0.25, -0.2) is 9.97 Å². The molecule has 0 saturated carbocycles. The normalized spacial score (nSPS) is 10.6. The van der Waals surface area contributed by atoms with Crippen LogP contribution in [0, 0.1) is 5.92 Å². The number of ether oxygens (including phenoxy) is 2. The smallest absolute Gasteiger partial charge is 0.218 e. The molecular formula is C12H21N3O2. The number of hydrogen-bond acceptors (Lipinski definition) is 5. The largest absolute Gasteiger partial charge is 0.478 e. The summed E-state index contributed by atoms with van der Waals surface area (Å²) in [6.07, 6.45) is 1.49. The van der Waals surface area contributed by atoms with Gasteiger partial charge in [0.2, 0.25) is 5.88 Å². The lowest BCUT2D eigenvalue weighted by atomic mass is 10.2. The number of hydrogen-bond donors (Lipinski definition) is 1. The SMILES string of the molecule is CCOc1cc(NCCOCC(C)C)ncn1. The van der Waals surface area contributed by atoms with Crippen LogP contribution in [0.15, 0.2) is 12.4 Å². The van der Waals surface area contributed by atoms with E-state index in [0.717, 1.165) is 19.0 Å². The van der Waals surface area contributed by atoms with Crippen molar-refractivity contribution < 1.29 is 9.47 Å². The van der Waals surface area contributed by atoms with Gasteiger partial charge in [0.25, 0.3) is 0 Å². The van der Waals surface area contributed by atoms with E-state index in [1.807, 2.05) is 6.92 Å². The number of rotatable bonds is 8. The monoisotopic (exact) mass is 239 g/mol. The fraction of sp³-hybridized carbons (Fsp3) is 0.667. The first-order chi connectivity index (χ1) is 8.22. The van der Waals surface area contributed by atoms with Crippen LogP contribution in [-0.2, 0) is 4.74 Å². The van der Waals surface area contributed by atoms with Crippen LogP contribution < -0.4 is 10.1 Å².